The maximum Gasteiger partial charge on any atom is 0.236 e. The van der Waals surface area contributed by atoms with Crippen molar-refractivity contribution in [1.29, 1.82) is 0 Å². The summed E-state index contributed by atoms with van der Waals surface area (Å²) >= 11 is 0. The second-order valence-corrected chi connectivity index (χ2v) is 5.73. The van der Waals surface area contributed by atoms with Gasteiger partial charge in [-0.3, -0.25) is 4.79 Å². The fourth-order valence-corrected chi connectivity index (χ4v) is 2.10. The molecule has 0 aromatic heterocycles. The van der Waals surface area contributed by atoms with Gasteiger partial charge in [0.15, 0.2) is 0 Å². The molecule has 3 unspecified atom stereocenters. The van der Waals surface area contributed by atoms with Crippen molar-refractivity contribution in [2.24, 2.45) is 11.8 Å². The number of carbonyl (C=O) groups excluding carboxylic acids is 1. The maximum atomic E-state index is 11.8. The molecular weight excluding hydrogens is 228 g/mol. The number of ether oxygens (including phenoxy) is 1. The first-order valence-electron chi connectivity index (χ1n) is 7.13. The quantitative estimate of drug-likeness (QED) is 0.726. The zero-order valence-electron chi connectivity index (χ0n) is 12.2. The fourth-order valence-electron chi connectivity index (χ4n) is 2.10. The Labute approximate surface area is 111 Å². The van der Waals surface area contributed by atoms with Crippen molar-refractivity contribution in [2.75, 3.05) is 19.7 Å². The summed E-state index contributed by atoms with van der Waals surface area (Å²) in [7, 11) is 0. The van der Waals surface area contributed by atoms with Crippen LogP contribution in [0, 0.1) is 11.8 Å². The van der Waals surface area contributed by atoms with E-state index in [-0.39, 0.29) is 11.9 Å². The van der Waals surface area contributed by atoms with Gasteiger partial charge in [-0.05, 0) is 38.5 Å². The lowest BCUT2D eigenvalue weighted by Gasteiger charge is -2.19. The Bertz CT molecular complexity index is 256. The number of carbonyl (C=O) groups is 1. The van der Waals surface area contributed by atoms with E-state index in [1.807, 2.05) is 6.92 Å². The molecule has 0 spiro atoms. The molecule has 4 heteroatoms. The zero-order valence-corrected chi connectivity index (χ0v) is 12.2. The minimum absolute atomic E-state index is 0.0993. The largest absolute Gasteiger partial charge is 0.378 e. The third kappa shape index (κ3) is 5.36. The third-order valence-electron chi connectivity index (χ3n) is 3.63. The van der Waals surface area contributed by atoms with Gasteiger partial charge in [0.1, 0.15) is 0 Å². The van der Waals surface area contributed by atoms with Crippen LogP contribution in [0.3, 0.4) is 0 Å². The highest BCUT2D eigenvalue weighted by Crippen LogP contribution is 2.19. The summed E-state index contributed by atoms with van der Waals surface area (Å²) in [5.74, 6) is 1.27. The van der Waals surface area contributed by atoms with E-state index in [0.29, 0.717) is 17.9 Å². The molecule has 1 saturated heterocycles. The molecule has 0 aromatic carbocycles. The van der Waals surface area contributed by atoms with E-state index >= 15 is 0 Å². The summed E-state index contributed by atoms with van der Waals surface area (Å²) in [6, 6.07) is -0.120. The summed E-state index contributed by atoms with van der Waals surface area (Å²) in [5.41, 5.74) is 0. The lowest BCUT2D eigenvalue weighted by Crippen LogP contribution is -2.44. The maximum absolute atomic E-state index is 11.8. The highest BCUT2D eigenvalue weighted by molar-refractivity contribution is 5.81. The Hall–Kier alpha value is -0.610. The summed E-state index contributed by atoms with van der Waals surface area (Å²) in [5, 5.41) is 6.27. The lowest BCUT2D eigenvalue weighted by molar-refractivity contribution is -0.122. The van der Waals surface area contributed by atoms with Gasteiger partial charge in [-0.15, -0.1) is 0 Å². The highest BCUT2D eigenvalue weighted by atomic mass is 16.5. The first-order valence-corrected chi connectivity index (χ1v) is 7.13. The number of amides is 1. The zero-order chi connectivity index (χ0) is 13.5. The number of rotatable bonds is 7. The summed E-state index contributed by atoms with van der Waals surface area (Å²) < 4.78 is 5.51. The minimum atomic E-state index is -0.120. The first kappa shape index (κ1) is 15.4. The molecule has 18 heavy (non-hydrogen) atoms. The number of nitrogens with one attached hydrogen (secondary N) is 2. The van der Waals surface area contributed by atoms with Crippen molar-refractivity contribution < 1.29 is 9.53 Å². The predicted octanol–water partition coefficient (Wildman–Crippen LogP) is 1.55. The molecule has 0 saturated carbocycles. The van der Waals surface area contributed by atoms with Gasteiger partial charge >= 0.3 is 0 Å². The minimum Gasteiger partial charge on any atom is -0.378 e. The average molecular weight is 256 g/mol. The van der Waals surface area contributed by atoms with Gasteiger partial charge in [0, 0.05) is 19.7 Å². The van der Waals surface area contributed by atoms with E-state index in [1.54, 1.807) is 0 Å². The van der Waals surface area contributed by atoms with Crippen molar-refractivity contribution in [3.63, 3.8) is 0 Å². The Balaban J connectivity index is 2.15. The first-order chi connectivity index (χ1) is 8.50. The molecule has 1 aliphatic heterocycles. The molecule has 0 radical (unpaired) electrons. The van der Waals surface area contributed by atoms with E-state index in [0.717, 1.165) is 32.5 Å². The molecule has 2 N–H and O–H groups in total. The topological polar surface area (TPSA) is 50.4 Å². The van der Waals surface area contributed by atoms with Crippen LogP contribution in [-0.4, -0.2) is 37.7 Å². The molecule has 0 aliphatic carbocycles. The van der Waals surface area contributed by atoms with Gasteiger partial charge in [0.05, 0.1) is 12.1 Å². The molecule has 4 nitrogen and oxygen atoms in total. The highest BCUT2D eigenvalue weighted by Gasteiger charge is 2.25. The van der Waals surface area contributed by atoms with Crippen LogP contribution in [0.1, 0.15) is 40.5 Å². The molecule has 106 valence electrons. The van der Waals surface area contributed by atoms with Gasteiger partial charge in [0.2, 0.25) is 5.91 Å². The molecule has 1 rings (SSSR count). The fraction of sp³-hybridized carbons (Fsp3) is 0.929. The molecule has 0 bridgehead atoms. The molecular formula is C14H28N2O2. The van der Waals surface area contributed by atoms with E-state index in [9.17, 15) is 4.79 Å². The van der Waals surface area contributed by atoms with Gasteiger partial charge in [0.25, 0.3) is 0 Å². The Morgan fingerprint density at radius 1 is 1.39 bits per heavy atom. The van der Waals surface area contributed by atoms with Crippen LogP contribution < -0.4 is 10.6 Å². The van der Waals surface area contributed by atoms with Crippen LogP contribution >= 0.6 is 0 Å². The smallest absolute Gasteiger partial charge is 0.236 e. The van der Waals surface area contributed by atoms with Gasteiger partial charge < -0.3 is 15.4 Å². The van der Waals surface area contributed by atoms with Crippen LogP contribution in [-0.2, 0) is 9.53 Å². The molecule has 1 aliphatic rings. The second kappa shape index (κ2) is 7.74. The molecule has 1 amide bonds. The molecule has 0 aromatic rings. The molecule has 3 atom stereocenters. The normalized spacial score (nSPS) is 25.4. The van der Waals surface area contributed by atoms with Crippen LogP contribution in [0.5, 0.6) is 0 Å². The Kier molecular flexibility index (Phi) is 6.65. The lowest BCUT2D eigenvalue weighted by atomic mass is 10.0. The summed E-state index contributed by atoms with van der Waals surface area (Å²) in [6.45, 7) is 10.8. The SMILES string of the molecule is CC(C)CCNC(=O)C(C)NCC1CCOC1C. The van der Waals surface area contributed by atoms with E-state index in [1.165, 1.54) is 0 Å². The van der Waals surface area contributed by atoms with Crippen molar-refractivity contribution in [3.8, 4) is 0 Å². The van der Waals surface area contributed by atoms with Gasteiger partial charge in [-0.25, -0.2) is 0 Å². The van der Waals surface area contributed by atoms with Crippen molar-refractivity contribution >= 4 is 5.91 Å². The van der Waals surface area contributed by atoms with Crippen LogP contribution in [0.4, 0.5) is 0 Å². The molecule has 1 heterocycles. The van der Waals surface area contributed by atoms with Crippen molar-refractivity contribution in [2.45, 2.75) is 52.7 Å². The monoisotopic (exact) mass is 256 g/mol. The van der Waals surface area contributed by atoms with E-state index in [4.69, 9.17) is 4.74 Å². The average Bonchev–Trinajstić information content (AvgIpc) is 2.71. The van der Waals surface area contributed by atoms with E-state index in [2.05, 4.69) is 31.4 Å². The summed E-state index contributed by atoms with van der Waals surface area (Å²) in [4.78, 5) is 11.8. The standard InChI is InChI=1S/C14H28N2O2/c1-10(2)5-7-15-14(17)11(3)16-9-13-6-8-18-12(13)4/h10-13,16H,5-9H2,1-4H3,(H,15,17). The van der Waals surface area contributed by atoms with Crippen molar-refractivity contribution in [3.05, 3.63) is 0 Å². The Morgan fingerprint density at radius 2 is 2.11 bits per heavy atom. The van der Waals surface area contributed by atoms with Crippen LogP contribution in [0.15, 0.2) is 0 Å². The number of hydrogen-bond acceptors (Lipinski definition) is 3. The van der Waals surface area contributed by atoms with E-state index < -0.39 is 0 Å². The third-order valence-corrected chi connectivity index (χ3v) is 3.63. The van der Waals surface area contributed by atoms with Crippen LogP contribution in [0.25, 0.3) is 0 Å². The second-order valence-electron chi connectivity index (χ2n) is 5.73. The Morgan fingerprint density at radius 3 is 2.67 bits per heavy atom. The predicted molar refractivity (Wildman–Crippen MR) is 73.5 cm³/mol. The number of hydrogen-bond donors (Lipinski definition) is 2. The van der Waals surface area contributed by atoms with Gasteiger partial charge in [-0.2, -0.15) is 0 Å². The molecule has 1 fully saturated rings. The van der Waals surface area contributed by atoms with Crippen LogP contribution in [0.2, 0.25) is 0 Å². The summed E-state index contributed by atoms with van der Waals surface area (Å²) in [6.07, 6.45) is 2.44. The van der Waals surface area contributed by atoms with Crippen molar-refractivity contribution in [1.82, 2.24) is 10.6 Å². The van der Waals surface area contributed by atoms with Gasteiger partial charge in [-0.1, -0.05) is 13.8 Å².